The fourth-order valence-corrected chi connectivity index (χ4v) is 4.11. The maximum atomic E-state index is 11.6. The van der Waals surface area contributed by atoms with Gasteiger partial charge in [-0.25, -0.2) is 4.79 Å². The molecule has 4 nitrogen and oxygen atoms in total. The largest absolute Gasteiger partial charge is 0.423 e. The summed E-state index contributed by atoms with van der Waals surface area (Å²) in [5.41, 5.74) is 2.72. The van der Waals surface area contributed by atoms with E-state index in [-0.39, 0.29) is 5.63 Å². The summed E-state index contributed by atoms with van der Waals surface area (Å²) in [5.74, 6) is 0. The van der Waals surface area contributed by atoms with Crippen LogP contribution in [0.4, 0.5) is 11.4 Å². The Morgan fingerprint density at radius 3 is 2.52 bits per heavy atom. The number of thiocarbonyl (C=S) groups is 1. The molecule has 0 bridgehead atoms. The third-order valence-electron chi connectivity index (χ3n) is 4.32. The maximum Gasteiger partial charge on any atom is 0.336 e. The second kappa shape index (κ2) is 8.51. The van der Waals surface area contributed by atoms with Crippen LogP contribution in [0.3, 0.4) is 0 Å². The van der Waals surface area contributed by atoms with Gasteiger partial charge in [-0.15, -0.1) is 0 Å². The van der Waals surface area contributed by atoms with Gasteiger partial charge in [-0.05, 0) is 61.1 Å². The molecule has 0 aliphatic heterocycles. The van der Waals surface area contributed by atoms with Crippen LogP contribution in [-0.4, -0.2) is 5.11 Å². The highest BCUT2D eigenvalue weighted by Crippen LogP contribution is 2.33. The number of aryl methyl sites for hydroxylation is 1. The quantitative estimate of drug-likeness (QED) is 0.310. The van der Waals surface area contributed by atoms with Gasteiger partial charge in [0.1, 0.15) is 5.58 Å². The van der Waals surface area contributed by atoms with Gasteiger partial charge in [0.15, 0.2) is 5.11 Å². The average Bonchev–Trinajstić information content (AvgIpc) is 2.70. The van der Waals surface area contributed by atoms with Gasteiger partial charge in [0, 0.05) is 33.0 Å². The van der Waals surface area contributed by atoms with Gasteiger partial charge in [-0.1, -0.05) is 42.1 Å². The van der Waals surface area contributed by atoms with E-state index in [9.17, 15) is 4.79 Å². The highest BCUT2D eigenvalue weighted by molar-refractivity contribution is 7.99. The van der Waals surface area contributed by atoms with Crippen LogP contribution < -0.4 is 16.3 Å². The third-order valence-corrected chi connectivity index (χ3v) is 5.60. The Labute approximate surface area is 178 Å². The van der Waals surface area contributed by atoms with Crippen LogP contribution in [0.25, 0.3) is 11.0 Å². The van der Waals surface area contributed by atoms with E-state index in [4.69, 9.17) is 16.6 Å². The van der Waals surface area contributed by atoms with Crippen LogP contribution in [0, 0.1) is 6.92 Å². The van der Waals surface area contributed by atoms with Crippen molar-refractivity contribution in [1.29, 1.82) is 0 Å². The van der Waals surface area contributed by atoms with Gasteiger partial charge < -0.3 is 15.1 Å². The third kappa shape index (κ3) is 4.67. The van der Waals surface area contributed by atoms with E-state index >= 15 is 0 Å². The highest BCUT2D eigenvalue weighted by atomic mass is 32.2. The van der Waals surface area contributed by atoms with Crippen LogP contribution in [0.1, 0.15) is 5.56 Å². The molecule has 0 fully saturated rings. The number of anilines is 2. The molecule has 0 amide bonds. The van der Waals surface area contributed by atoms with Crippen molar-refractivity contribution < 1.29 is 4.42 Å². The molecule has 29 heavy (non-hydrogen) atoms. The second-order valence-corrected chi connectivity index (χ2v) is 7.97. The molecule has 0 spiro atoms. The molecule has 6 heteroatoms. The van der Waals surface area contributed by atoms with Gasteiger partial charge in [-0.2, -0.15) is 0 Å². The van der Waals surface area contributed by atoms with Crippen LogP contribution in [0.2, 0.25) is 0 Å². The Balaban J connectivity index is 1.52. The average molecular weight is 419 g/mol. The maximum absolute atomic E-state index is 11.6. The van der Waals surface area contributed by atoms with Crippen molar-refractivity contribution in [3.8, 4) is 0 Å². The zero-order valence-electron chi connectivity index (χ0n) is 15.6. The lowest BCUT2D eigenvalue weighted by Crippen LogP contribution is -2.19. The number of rotatable bonds is 4. The number of hydrogen-bond donors (Lipinski definition) is 2. The van der Waals surface area contributed by atoms with Gasteiger partial charge in [-0.3, -0.25) is 0 Å². The van der Waals surface area contributed by atoms with Crippen LogP contribution >= 0.6 is 24.0 Å². The minimum Gasteiger partial charge on any atom is -0.423 e. The van der Waals surface area contributed by atoms with Gasteiger partial charge >= 0.3 is 5.63 Å². The summed E-state index contributed by atoms with van der Waals surface area (Å²) in [4.78, 5) is 13.9. The van der Waals surface area contributed by atoms with Gasteiger partial charge in [0.05, 0.1) is 5.69 Å². The molecule has 0 saturated carbocycles. The first-order chi connectivity index (χ1) is 14.1. The molecule has 4 rings (SSSR count). The smallest absolute Gasteiger partial charge is 0.336 e. The van der Waals surface area contributed by atoms with Gasteiger partial charge in [0.25, 0.3) is 0 Å². The van der Waals surface area contributed by atoms with E-state index in [2.05, 4.69) is 28.8 Å². The van der Waals surface area contributed by atoms with E-state index in [0.29, 0.717) is 10.7 Å². The molecule has 3 aromatic carbocycles. The minimum absolute atomic E-state index is 0.361. The zero-order valence-corrected chi connectivity index (χ0v) is 17.3. The molecule has 1 heterocycles. The molecule has 2 N–H and O–H groups in total. The van der Waals surface area contributed by atoms with Crippen molar-refractivity contribution in [3.63, 3.8) is 0 Å². The van der Waals surface area contributed by atoms with Crippen LogP contribution in [0.15, 0.2) is 97.9 Å². The number of nitrogens with one attached hydrogen (secondary N) is 2. The Kier molecular flexibility index (Phi) is 5.64. The molecular weight excluding hydrogens is 400 g/mol. The highest BCUT2D eigenvalue weighted by Gasteiger charge is 2.08. The summed E-state index contributed by atoms with van der Waals surface area (Å²) in [6.07, 6.45) is 0. The molecule has 144 valence electrons. The first kappa shape index (κ1) is 19.2. The van der Waals surface area contributed by atoms with E-state index in [0.717, 1.165) is 32.1 Å². The second-order valence-electron chi connectivity index (χ2n) is 6.45. The Morgan fingerprint density at radius 2 is 1.69 bits per heavy atom. The fourth-order valence-electron chi connectivity index (χ4n) is 2.96. The van der Waals surface area contributed by atoms with Crippen molar-refractivity contribution >= 4 is 51.4 Å². The molecule has 0 aliphatic carbocycles. The van der Waals surface area contributed by atoms with Crippen LogP contribution in [-0.2, 0) is 0 Å². The minimum atomic E-state index is -0.361. The summed E-state index contributed by atoms with van der Waals surface area (Å²) >= 11 is 7.16. The monoisotopic (exact) mass is 418 g/mol. The molecule has 0 atom stereocenters. The SMILES string of the molecule is Cc1cc(=O)oc2cc(NC(=S)Nc3ccccc3Sc3ccccc3)ccc12. The molecule has 0 saturated heterocycles. The van der Waals surface area contributed by atoms with Crippen molar-refractivity contribution in [1.82, 2.24) is 0 Å². The van der Waals surface area contributed by atoms with Crippen LogP contribution in [0.5, 0.6) is 0 Å². The summed E-state index contributed by atoms with van der Waals surface area (Å²) in [6.45, 7) is 1.89. The number of fused-ring (bicyclic) bond motifs is 1. The summed E-state index contributed by atoms with van der Waals surface area (Å²) < 4.78 is 5.31. The number of benzene rings is 3. The first-order valence-corrected chi connectivity index (χ1v) is 10.3. The predicted molar refractivity (Wildman–Crippen MR) is 124 cm³/mol. The topological polar surface area (TPSA) is 54.3 Å². The molecule has 0 unspecified atom stereocenters. The van der Waals surface area contributed by atoms with E-state index in [1.165, 1.54) is 6.07 Å². The fraction of sp³-hybridized carbons (Fsp3) is 0.0435. The summed E-state index contributed by atoms with van der Waals surface area (Å²) in [7, 11) is 0. The molecular formula is C23H18N2O2S2. The standard InChI is InChI=1S/C23H18N2O2S2/c1-15-13-22(26)27-20-14-16(11-12-18(15)20)24-23(28)25-19-9-5-6-10-21(19)29-17-7-3-2-4-8-17/h2-14H,1H3,(H2,24,25,28). The number of para-hydroxylation sites is 1. The van der Waals surface area contributed by atoms with Crippen molar-refractivity contribution in [2.45, 2.75) is 16.7 Å². The van der Waals surface area contributed by atoms with Crippen molar-refractivity contribution in [2.24, 2.45) is 0 Å². The summed E-state index contributed by atoms with van der Waals surface area (Å²) in [5, 5.41) is 7.78. The molecule has 4 aromatic rings. The Morgan fingerprint density at radius 1 is 0.931 bits per heavy atom. The lowest BCUT2D eigenvalue weighted by atomic mass is 10.1. The van der Waals surface area contributed by atoms with Gasteiger partial charge in [0.2, 0.25) is 0 Å². The molecule has 1 aromatic heterocycles. The van der Waals surface area contributed by atoms with E-state index in [1.807, 2.05) is 55.5 Å². The van der Waals surface area contributed by atoms with Crippen molar-refractivity contribution in [3.05, 3.63) is 94.8 Å². The lowest BCUT2D eigenvalue weighted by Gasteiger charge is -2.14. The first-order valence-electron chi connectivity index (χ1n) is 9.03. The normalized spacial score (nSPS) is 10.7. The molecule has 0 radical (unpaired) electrons. The van der Waals surface area contributed by atoms with Crippen molar-refractivity contribution in [2.75, 3.05) is 10.6 Å². The zero-order chi connectivity index (χ0) is 20.2. The van der Waals surface area contributed by atoms with E-state index < -0.39 is 0 Å². The molecule has 0 aliphatic rings. The Hall–Kier alpha value is -3.09. The Bertz CT molecular complexity index is 1240. The predicted octanol–water partition coefficient (Wildman–Crippen LogP) is 6.06. The number of hydrogen-bond acceptors (Lipinski definition) is 4. The van der Waals surface area contributed by atoms with E-state index in [1.54, 1.807) is 17.8 Å². The summed E-state index contributed by atoms with van der Waals surface area (Å²) in [6, 6.07) is 25.3. The lowest BCUT2D eigenvalue weighted by molar-refractivity contribution is 0.560.